The first-order valence-corrected chi connectivity index (χ1v) is 7.41. The van der Waals surface area contributed by atoms with Gasteiger partial charge < -0.3 is 15.2 Å². The maximum Gasteiger partial charge on any atom is 0.251 e. The second kappa shape index (κ2) is 7.27. The number of hydrogen-bond donors (Lipinski definition) is 2. The molecule has 1 amide bonds. The highest BCUT2D eigenvalue weighted by Crippen LogP contribution is 2.18. The molecule has 0 aliphatic heterocycles. The SMILES string of the molecule is CC(C)COc1cccc(C(=O)N[C@@H]2C=C[C@H](CO)C2)c1. The molecule has 0 radical (unpaired) electrons. The molecule has 0 bridgehead atoms. The molecule has 21 heavy (non-hydrogen) atoms. The normalized spacial score (nSPS) is 20.8. The molecule has 0 spiro atoms. The van der Waals surface area contributed by atoms with Crippen molar-refractivity contribution in [1.82, 2.24) is 5.32 Å². The van der Waals surface area contributed by atoms with Crippen LogP contribution in [0.3, 0.4) is 0 Å². The summed E-state index contributed by atoms with van der Waals surface area (Å²) in [5.74, 6) is 1.20. The first kappa shape index (κ1) is 15.6. The lowest BCUT2D eigenvalue weighted by Crippen LogP contribution is -2.32. The number of ether oxygens (including phenoxy) is 1. The highest BCUT2D eigenvalue weighted by Gasteiger charge is 2.20. The Bertz CT molecular complexity index is 511. The quantitative estimate of drug-likeness (QED) is 0.791. The number of aliphatic hydroxyl groups is 1. The number of amides is 1. The van der Waals surface area contributed by atoms with E-state index in [0.717, 1.165) is 6.42 Å². The Morgan fingerprint density at radius 3 is 2.90 bits per heavy atom. The summed E-state index contributed by atoms with van der Waals surface area (Å²) in [6.07, 6.45) is 4.65. The molecule has 4 heteroatoms. The molecule has 1 aliphatic rings. The summed E-state index contributed by atoms with van der Waals surface area (Å²) in [4.78, 5) is 12.2. The molecule has 4 nitrogen and oxygen atoms in total. The Balaban J connectivity index is 1.93. The predicted molar refractivity (Wildman–Crippen MR) is 82.4 cm³/mol. The predicted octanol–water partition coefficient (Wildman–Crippen LogP) is 2.39. The summed E-state index contributed by atoms with van der Waals surface area (Å²) in [5.41, 5.74) is 0.595. The van der Waals surface area contributed by atoms with E-state index in [2.05, 4.69) is 19.2 Å². The van der Waals surface area contributed by atoms with Crippen LogP contribution in [0, 0.1) is 11.8 Å². The molecule has 2 N–H and O–H groups in total. The van der Waals surface area contributed by atoms with Crippen LogP contribution in [0.25, 0.3) is 0 Å². The minimum atomic E-state index is -0.113. The highest BCUT2D eigenvalue weighted by atomic mass is 16.5. The number of carbonyl (C=O) groups excluding carboxylic acids is 1. The topological polar surface area (TPSA) is 58.6 Å². The van der Waals surface area contributed by atoms with E-state index in [9.17, 15) is 4.79 Å². The van der Waals surface area contributed by atoms with Gasteiger partial charge in [-0.1, -0.05) is 32.1 Å². The van der Waals surface area contributed by atoms with Gasteiger partial charge in [-0.15, -0.1) is 0 Å². The minimum Gasteiger partial charge on any atom is -0.493 e. The monoisotopic (exact) mass is 289 g/mol. The Morgan fingerprint density at radius 2 is 2.24 bits per heavy atom. The van der Waals surface area contributed by atoms with Crippen molar-refractivity contribution in [1.29, 1.82) is 0 Å². The third-order valence-corrected chi connectivity index (χ3v) is 3.40. The molecule has 1 aliphatic carbocycles. The van der Waals surface area contributed by atoms with Gasteiger partial charge >= 0.3 is 0 Å². The first-order valence-electron chi connectivity index (χ1n) is 7.41. The molecule has 1 aromatic rings. The van der Waals surface area contributed by atoms with Crippen molar-refractivity contribution in [2.75, 3.05) is 13.2 Å². The number of benzene rings is 1. The highest BCUT2D eigenvalue weighted by molar-refractivity contribution is 5.94. The van der Waals surface area contributed by atoms with Crippen molar-refractivity contribution in [2.45, 2.75) is 26.3 Å². The van der Waals surface area contributed by atoms with Crippen molar-refractivity contribution < 1.29 is 14.6 Å². The molecule has 0 unspecified atom stereocenters. The average Bonchev–Trinajstić information content (AvgIpc) is 2.93. The zero-order valence-electron chi connectivity index (χ0n) is 12.6. The minimum absolute atomic E-state index is 0.00473. The lowest BCUT2D eigenvalue weighted by molar-refractivity contribution is 0.0940. The van der Waals surface area contributed by atoms with Crippen LogP contribution in [0.4, 0.5) is 0 Å². The lowest BCUT2D eigenvalue weighted by Gasteiger charge is -2.14. The Kier molecular flexibility index (Phi) is 5.39. The fourth-order valence-electron chi connectivity index (χ4n) is 2.26. The van der Waals surface area contributed by atoms with Crippen molar-refractivity contribution in [3.8, 4) is 5.75 Å². The van der Waals surface area contributed by atoms with Gasteiger partial charge in [0.05, 0.1) is 6.61 Å². The molecular formula is C17H23NO3. The molecular weight excluding hydrogens is 266 g/mol. The first-order chi connectivity index (χ1) is 10.1. The average molecular weight is 289 g/mol. The van der Waals surface area contributed by atoms with Crippen LogP contribution in [0.2, 0.25) is 0 Å². The van der Waals surface area contributed by atoms with Gasteiger partial charge in [0, 0.05) is 24.1 Å². The van der Waals surface area contributed by atoms with E-state index in [1.807, 2.05) is 24.3 Å². The second-order valence-electron chi connectivity index (χ2n) is 5.88. The maximum atomic E-state index is 12.2. The van der Waals surface area contributed by atoms with E-state index in [-0.39, 0.29) is 24.5 Å². The van der Waals surface area contributed by atoms with Crippen molar-refractivity contribution in [3.63, 3.8) is 0 Å². The number of aliphatic hydroxyl groups excluding tert-OH is 1. The molecule has 114 valence electrons. The molecule has 0 aromatic heterocycles. The maximum absolute atomic E-state index is 12.2. The lowest BCUT2D eigenvalue weighted by atomic mass is 10.1. The van der Waals surface area contributed by atoms with Crippen LogP contribution >= 0.6 is 0 Å². The fourth-order valence-corrected chi connectivity index (χ4v) is 2.26. The van der Waals surface area contributed by atoms with Gasteiger partial charge in [0.2, 0.25) is 0 Å². The molecule has 2 rings (SSSR count). The number of carbonyl (C=O) groups is 1. The molecule has 0 fully saturated rings. The smallest absolute Gasteiger partial charge is 0.251 e. The van der Waals surface area contributed by atoms with Crippen molar-refractivity contribution in [2.24, 2.45) is 11.8 Å². The van der Waals surface area contributed by atoms with Crippen molar-refractivity contribution in [3.05, 3.63) is 42.0 Å². The summed E-state index contributed by atoms with van der Waals surface area (Å²) in [6.45, 7) is 4.93. The van der Waals surface area contributed by atoms with Gasteiger partial charge in [0.15, 0.2) is 0 Å². The van der Waals surface area contributed by atoms with Crippen LogP contribution < -0.4 is 10.1 Å². The standard InChI is InChI=1S/C17H23NO3/c1-12(2)11-21-16-5-3-4-14(9-16)17(20)18-15-7-6-13(8-15)10-19/h3-7,9,12-13,15,19H,8,10-11H2,1-2H3,(H,18,20)/t13-,15+/m0/s1. The van der Waals surface area contributed by atoms with E-state index in [4.69, 9.17) is 9.84 Å². The van der Waals surface area contributed by atoms with E-state index in [0.29, 0.717) is 23.8 Å². The molecule has 2 atom stereocenters. The van der Waals surface area contributed by atoms with Gasteiger partial charge in [-0.3, -0.25) is 4.79 Å². The summed E-state index contributed by atoms with van der Waals surface area (Å²) in [6, 6.07) is 7.22. The summed E-state index contributed by atoms with van der Waals surface area (Å²) < 4.78 is 5.64. The van der Waals surface area contributed by atoms with Crippen LogP contribution in [0.5, 0.6) is 5.75 Å². The van der Waals surface area contributed by atoms with Crippen molar-refractivity contribution >= 4 is 5.91 Å². The van der Waals surface area contributed by atoms with E-state index in [1.165, 1.54) is 0 Å². The van der Waals surface area contributed by atoms with E-state index < -0.39 is 0 Å². The Morgan fingerprint density at radius 1 is 1.43 bits per heavy atom. The van der Waals surface area contributed by atoms with Gasteiger partial charge in [-0.05, 0) is 30.5 Å². The van der Waals surface area contributed by atoms with Gasteiger partial charge in [0.1, 0.15) is 5.75 Å². The Labute approximate surface area is 125 Å². The third-order valence-electron chi connectivity index (χ3n) is 3.40. The fraction of sp³-hybridized carbons (Fsp3) is 0.471. The number of nitrogens with one attached hydrogen (secondary N) is 1. The number of rotatable bonds is 6. The summed E-state index contributed by atoms with van der Waals surface area (Å²) in [5, 5.41) is 12.1. The summed E-state index contributed by atoms with van der Waals surface area (Å²) >= 11 is 0. The van der Waals surface area contributed by atoms with Crippen LogP contribution in [-0.2, 0) is 0 Å². The van der Waals surface area contributed by atoms with Crippen LogP contribution in [0.15, 0.2) is 36.4 Å². The largest absolute Gasteiger partial charge is 0.493 e. The molecule has 0 saturated carbocycles. The van der Waals surface area contributed by atoms with Gasteiger partial charge in [-0.2, -0.15) is 0 Å². The Hall–Kier alpha value is -1.81. The zero-order valence-corrected chi connectivity index (χ0v) is 12.6. The summed E-state index contributed by atoms with van der Waals surface area (Å²) in [7, 11) is 0. The second-order valence-corrected chi connectivity index (χ2v) is 5.88. The number of hydrogen-bond acceptors (Lipinski definition) is 3. The molecule has 0 saturated heterocycles. The molecule has 0 heterocycles. The van der Waals surface area contributed by atoms with Crippen LogP contribution in [-0.4, -0.2) is 30.3 Å². The molecule has 1 aromatic carbocycles. The zero-order chi connectivity index (χ0) is 15.2. The van der Waals surface area contributed by atoms with E-state index >= 15 is 0 Å². The van der Waals surface area contributed by atoms with Gasteiger partial charge in [-0.25, -0.2) is 0 Å². The van der Waals surface area contributed by atoms with Crippen LogP contribution in [0.1, 0.15) is 30.6 Å². The van der Waals surface area contributed by atoms with Gasteiger partial charge in [0.25, 0.3) is 5.91 Å². The van der Waals surface area contributed by atoms with E-state index in [1.54, 1.807) is 12.1 Å². The third kappa shape index (κ3) is 4.60.